The van der Waals surface area contributed by atoms with Crippen LogP contribution in [-0.4, -0.2) is 43.3 Å². The normalized spacial score (nSPS) is 30.5. The first kappa shape index (κ1) is 15.9. The molecule has 1 rings (SSSR count). The second-order valence-corrected chi connectivity index (χ2v) is 6.11. The Morgan fingerprint density at radius 2 is 2.00 bits per heavy atom. The summed E-state index contributed by atoms with van der Waals surface area (Å²) in [5, 5.41) is 12.1. The van der Waals surface area contributed by atoms with Gasteiger partial charge in [0.05, 0.1) is 6.07 Å². The lowest BCUT2D eigenvalue weighted by Crippen LogP contribution is -3.16. The first-order valence-electron chi connectivity index (χ1n) is 6.98. The summed E-state index contributed by atoms with van der Waals surface area (Å²) in [7, 11) is 0. The average molecular weight is 268 g/mol. The van der Waals surface area contributed by atoms with Crippen molar-refractivity contribution in [2.24, 2.45) is 5.92 Å². The van der Waals surface area contributed by atoms with Gasteiger partial charge in [-0.05, 0) is 26.7 Å². The van der Waals surface area contributed by atoms with Gasteiger partial charge in [0.1, 0.15) is 30.8 Å². The number of rotatable bonds is 4. The molecule has 19 heavy (non-hydrogen) atoms. The van der Waals surface area contributed by atoms with Gasteiger partial charge in [-0.1, -0.05) is 13.8 Å². The van der Waals surface area contributed by atoms with Crippen LogP contribution in [0.1, 0.15) is 34.6 Å². The van der Waals surface area contributed by atoms with Gasteiger partial charge in [-0.15, -0.1) is 0 Å². The predicted octanol–water partition coefficient (Wildman–Crippen LogP) is -0.267. The molecule has 0 radical (unpaired) electrons. The van der Waals surface area contributed by atoms with E-state index in [0.717, 1.165) is 13.1 Å². The Labute approximate surface area is 115 Å². The molecule has 0 saturated carbocycles. The molecule has 108 valence electrons. The molecule has 4 atom stereocenters. The molecular formula is C14H26N3O2+. The molecule has 0 aromatic heterocycles. The van der Waals surface area contributed by atoms with Crippen LogP contribution in [0, 0.1) is 17.2 Å². The van der Waals surface area contributed by atoms with E-state index in [1.807, 2.05) is 27.7 Å². The molecule has 1 aliphatic heterocycles. The molecule has 0 bridgehead atoms. The van der Waals surface area contributed by atoms with E-state index < -0.39 is 5.54 Å². The summed E-state index contributed by atoms with van der Waals surface area (Å²) in [4.78, 5) is 13.3. The number of quaternary nitrogens is 1. The zero-order chi connectivity index (χ0) is 14.6. The van der Waals surface area contributed by atoms with Gasteiger partial charge in [0, 0.05) is 0 Å². The lowest BCUT2D eigenvalue weighted by molar-refractivity contribution is -0.907. The smallest absolute Gasteiger partial charge is 0.276 e. The summed E-state index contributed by atoms with van der Waals surface area (Å²) in [6.07, 6.45) is 0.359. The van der Waals surface area contributed by atoms with Gasteiger partial charge in [-0.3, -0.25) is 4.79 Å². The van der Waals surface area contributed by atoms with Gasteiger partial charge >= 0.3 is 0 Å². The lowest BCUT2D eigenvalue weighted by Gasteiger charge is -2.33. The maximum atomic E-state index is 12.1. The maximum absolute atomic E-state index is 12.1. The van der Waals surface area contributed by atoms with E-state index in [0.29, 0.717) is 6.54 Å². The van der Waals surface area contributed by atoms with Crippen LogP contribution >= 0.6 is 0 Å². The molecule has 1 amide bonds. The molecule has 0 aromatic carbocycles. The van der Waals surface area contributed by atoms with Crippen molar-refractivity contribution in [3.63, 3.8) is 0 Å². The number of morpholine rings is 1. The average Bonchev–Trinajstić information content (AvgIpc) is 2.26. The summed E-state index contributed by atoms with van der Waals surface area (Å²) >= 11 is 0. The number of carbonyl (C=O) groups excluding carboxylic acids is 1. The molecule has 5 nitrogen and oxygen atoms in total. The lowest BCUT2D eigenvalue weighted by atomic mass is 9.90. The molecule has 1 aliphatic rings. The molecule has 2 N–H and O–H groups in total. The fraction of sp³-hybridized carbons (Fsp3) is 0.857. The summed E-state index contributed by atoms with van der Waals surface area (Å²) < 4.78 is 5.65. The molecule has 0 aliphatic carbocycles. The number of hydrogen-bond donors (Lipinski definition) is 2. The van der Waals surface area contributed by atoms with Crippen LogP contribution in [0.2, 0.25) is 0 Å². The topological polar surface area (TPSA) is 66.6 Å². The first-order chi connectivity index (χ1) is 8.76. The van der Waals surface area contributed by atoms with Crippen molar-refractivity contribution in [2.75, 3.05) is 19.6 Å². The third-order valence-corrected chi connectivity index (χ3v) is 3.81. The van der Waals surface area contributed by atoms with Gasteiger partial charge in [0.2, 0.25) is 0 Å². The number of carbonyl (C=O) groups is 1. The van der Waals surface area contributed by atoms with E-state index in [-0.39, 0.29) is 24.0 Å². The number of nitrogens with zero attached hydrogens (tertiary/aromatic N) is 1. The molecule has 1 fully saturated rings. The van der Waals surface area contributed by atoms with E-state index in [1.54, 1.807) is 6.92 Å². The summed E-state index contributed by atoms with van der Waals surface area (Å²) in [5.74, 6) is 0.0213. The molecule has 0 spiro atoms. The molecular weight excluding hydrogens is 242 g/mol. The minimum absolute atomic E-state index is 0.0611. The highest BCUT2D eigenvalue weighted by molar-refractivity contribution is 5.78. The van der Waals surface area contributed by atoms with Crippen molar-refractivity contribution in [2.45, 2.75) is 52.4 Å². The van der Waals surface area contributed by atoms with Crippen molar-refractivity contribution in [3.8, 4) is 6.07 Å². The third kappa shape index (κ3) is 4.48. The van der Waals surface area contributed by atoms with Gasteiger partial charge < -0.3 is 15.0 Å². The monoisotopic (exact) mass is 268 g/mol. The fourth-order valence-corrected chi connectivity index (χ4v) is 2.40. The van der Waals surface area contributed by atoms with Gasteiger partial charge in [-0.2, -0.15) is 5.26 Å². The standard InChI is InChI=1S/C14H25N3O2/c1-10(2)14(5,9-15)16-13(18)8-17-6-11(3)19-12(4)7-17/h10-12H,6-8H2,1-5H3,(H,16,18)/p+1/t11-,12+,14-/m0/s1. The van der Waals surface area contributed by atoms with Gasteiger partial charge in [-0.25, -0.2) is 0 Å². The fourth-order valence-electron chi connectivity index (χ4n) is 2.40. The third-order valence-electron chi connectivity index (χ3n) is 3.81. The van der Waals surface area contributed by atoms with Crippen molar-refractivity contribution >= 4 is 5.91 Å². The quantitative estimate of drug-likeness (QED) is 0.738. The Morgan fingerprint density at radius 3 is 2.42 bits per heavy atom. The van der Waals surface area contributed by atoms with Gasteiger partial charge in [0.15, 0.2) is 6.54 Å². The van der Waals surface area contributed by atoms with E-state index in [1.165, 1.54) is 4.90 Å². The molecule has 1 heterocycles. The predicted molar refractivity (Wildman–Crippen MR) is 72.6 cm³/mol. The number of nitriles is 1. The summed E-state index contributed by atoms with van der Waals surface area (Å²) in [5.41, 5.74) is -0.792. The highest BCUT2D eigenvalue weighted by Crippen LogP contribution is 2.14. The molecule has 5 heteroatoms. The Balaban J connectivity index is 2.54. The Morgan fingerprint density at radius 1 is 1.47 bits per heavy atom. The van der Waals surface area contributed by atoms with Crippen molar-refractivity contribution in [3.05, 3.63) is 0 Å². The second-order valence-electron chi connectivity index (χ2n) is 6.11. The van der Waals surface area contributed by atoms with Crippen molar-refractivity contribution < 1.29 is 14.4 Å². The zero-order valence-corrected chi connectivity index (χ0v) is 12.6. The van der Waals surface area contributed by atoms with E-state index >= 15 is 0 Å². The minimum atomic E-state index is -0.792. The highest BCUT2D eigenvalue weighted by Gasteiger charge is 2.33. The first-order valence-corrected chi connectivity index (χ1v) is 6.98. The largest absolute Gasteiger partial charge is 0.364 e. The minimum Gasteiger partial charge on any atom is -0.364 e. The van der Waals surface area contributed by atoms with E-state index in [4.69, 9.17) is 4.74 Å². The Hall–Kier alpha value is -1.12. The number of amides is 1. The molecule has 1 saturated heterocycles. The highest BCUT2D eigenvalue weighted by atomic mass is 16.5. The second kappa shape index (κ2) is 6.36. The van der Waals surface area contributed by atoms with Crippen LogP contribution in [0.3, 0.4) is 0 Å². The van der Waals surface area contributed by atoms with Crippen LogP contribution in [0.25, 0.3) is 0 Å². The number of nitrogens with one attached hydrogen (secondary N) is 2. The van der Waals surface area contributed by atoms with E-state index in [2.05, 4.69) is 11.4 Å². The SMILES string of the molecule is CC(C)[C@](C)(C#N)NC(=O)C[NH+]1C[C@@H](C)O[C@@H](C)C1. The van der Waals surface area contributed by atoms with E-state index in [9.17, 15) is 10.1 Å². The summed E-state index contributed by atoms with van der Waals surface area (Å²) in [6, 6.07) is 2.20. The van der Waals surface area contributed by atoms with Gasteiger partial charge in [0.25, 0.3) is 5.91 Å². The molecule has 0 aromatic rings. The molecule has 1 unspecified atom stereocenters. The van der Waals surface area contributed by atoms with Crippen LogP contribution in [0.15, 0.2) is 0 Å². The van der Waals surface area contributed by atoms with Crippen LogP contribution in [-0.2, 0) is 9.53 Å². The summed E-state index contributed by atoms with van der Waals surface area (Å²) in [6.45, 7) is 11.8. The Kier molecular flexibility index (Phi) is 5.33. The Bertz CT molecular complexity index is 354. The van der Waals surface area contributed by atoms with Crippen LogP contribution in [0.5, 0.6) is 0 Å². The van der Waals surface area contributed by atoms with Crippen molar-refractivity contribution in [1.29, 1.82) is 5.26 Å². The maximum Gasteiger partial charge on any atom is 0.276 e. The zero-order valence-electron chi connectivity index (χ0n) is 12.6. The van der Waals surface area contributed by atoms with Crippen molar-refractivity contribution in [1.82, 2.24) is 5.32 Å². The van der Waals surface area contributed by atoms with Crippen LogP contribution in [0.4, 0.5) is 0 Å². The number of hydrogen-bond acceptors (Lipinski definition) is 3. The van der Waals surface area contributed by atoms with Crippen LogP contribution < -0.4 is 10.2 Å². The number of ether oxygens (including phenoxy) is 1.